The highest BCUT2D eigenvalue weighted by Gasteiger charge is 2.27. The molecule has 0 saturated heterocycles. The summed E-state index contributed by atoms with van der Waals surface area (Å²) in [7, 11) is 0. The van der Waals surface area contributed by atoms with Crippen molar-refractivity contribution >= 4 is 53.7 Å². The maximum atomic E-state index is 11.4. The van der Waals surface area contributed by atoms with Crippen LogP contribution in [0.15, 0.2) is 24.5 Å². The molecule has 1 heterocycles. The standard InChI is InChI=1S/C8H7Br3N2O/c9-8(10,11)7(14)13-5-6-1-3-12-4-2-6/h1-4H,5H2,(H,13,14). The molecular formula is C8H7Br3N2O. The van der Waals surface area contributed by atoms with Crippen molar-refractivity contribution in [3.8, 4) is 0 Å². The third-order valence-corrected chi connectivity index (χ3v) is 2.54. The molecule has 14 heavy (non-hydrogen) atoms. The minimum atomic E-state index is -0.889. The average Bonchev–Trinajstić information content (AvgIpc) is 2.14. The van der Waals surface area contributed by atoms with Gasteiger partial charge in [-0.05, 0) is 65.5 Å². The van der Waals surface area contributed by atoms with Crippen LogP contribution < -0.4 is 5.32 Å². The molecule has 1 N–H and O–H groups in total. The Kier molecular flexibility index (Phi) is 4.53. The van der Waals surface area contributed by atoms with Crippen LogP contribution in [-0.2, 0) is 11.3 Å². The third-order valence-electron chi connectivity index (χ3n) is 1.46. The van der Waals surface area contributed by atoms with Crippen molar-refractivity contribution in [3.05, 3.63) is 30.1 Å². The van der Waals surface area contributed by atoms with E-state index in [0.717, 1.165) is 5.56 Å². The van der Waals surface area contributed by atoms with E-state index in [1.165, 1.54) is 0 Å². The molecule has 3 nitrogen and oxygen atoms in total. The number of nitrogens with one attached hydrogen (secondary N) is 1. The summed E-state index contributed by atoms with van der Waals surface area (Å²) in [5.74, 6) is -0.186. The number of alkyl halides is 3. The van der Waals surface area contributed by atoms with E-state index < -0.39 is 2.14 Å². The number of hydrogen-bond acceptors (Lipinski definition) is 2. The van der Waals surface area contributed by atoms with Gasteiger partial charge in [0.15, 0.2) is 0 Å². The van der Waals surface area contributed by atoms with Crippen LogP contribution in [0, 0.1) is 0 Å². The summed E-state index contributed by atoms with van der Waals surface area (Å²) in [5.41, 5.74) is 1.00. The van der Waals surface area contributed by atoms with Gasteiger partial charge in [0.1, 0.15) is 0 Å². The smallest absolute Gasteiger partial charge is 0.259 e. The van der Waals surface area contributed by atoms with Crippen molar-refractivity contribution in [3.63, 3.8) is 0 Å². The quantitative estimate of drug-likeness (QED) is 0.794. The summed E-state index contributed by atoms with van der Waals surface area (Å²) in [5, 5.41) is 2.73. The number of amides is 1. The zero-order chi connectivity index (χ0) is 10.6. The Balaban J connectivity index is 2.46. The lowest BCUT2D eigenvalue weighted by Gasteiger charge is -2.12. The van der Waals surface area contributed by atoms with E-state index in [1.54, 1.807) is 12.4 Å². The van der Waals surface area contributed by atoms with Gasteiger partial charge < -0.3 is 5.32 Å². The first-order valence-corrected chi connectivity index (χ1v) is 6.12. The van der Waals surface area contributed by atoms with Crippen LogP contribution in [0.3, 0.4) is 0 Å². The molecule has 0 aliphatic heterocycles. The fourth-order valence-corrected chi connectivity index (χ4v) is 1.20. The molecular weight excluding hydrogens is 380 g/mol. The second-order valence-electron chi connectivity index (χ2n) is 2.54. The van der Waals surface area contributed by atoms with Crippen LogP contribution in [-0.4, -0.2) is 13.0 Å². The normalized spacial score (nSPS) is 11.1. The predicted octanol–water partition coefficient (Wildman–Crippen LogP) is 2.54. The maximum absolute atomic E-state index is 11.4. The van der Waals surface area contributed by atoms with Crippen molar-refractivity contribution in [2.24, 2.45) is 0 Å². The largest absolute Gasteiger partial charge is 0.349 e. The topological polar surface area (TPSA) is 42.0 Å². The second kappa shape index (κ2) is 5.23. The van der Waals surface area contributed by atoms with Gasteiger partial charge in [-0.25, -0.2) is 0 Å². The number of pyridine rings is 1. The van der Waals surface area contributed by atoms with Crippen LogP contribution >= 0.6 is 47.8 Å². The molecule has 6 heteroatoms. The average molecular weight is 387 g/mol. The molecule has 0 saturated carbocycles. The molecule has 0 atom stereocenters. The fourth-order valence-electron chi connectivity index (χ4n) is 0.783. The molecule has 0 spiro atoms. The predicted molar refractivity (Wildman–Crippen MR) is 65.6 cm³/mol. The Hall–Kier alpha value is 0.0600. The van der Waals surface area contributed by atoms with Gasteiger partial charge in [-0.1, -0.05) is 0 Å². The molecule has 1 aromatic rings. The Bertz CT molecular complexity index is 310. The van der Waals surface area contributed by atoms with Gasteiger partial charge in [-0.3, -0.25) is 9.78 Å². The van der Waals surface area contributed by atoms with Gasteiger partial charge in [0.25, 0.3) is 5.91 Å². The molecule has 0 bridgehead atoms. The van der Waals surface area contributed by atoms with Crippen molar-refractivity contribution < 1.29 is 4.79 Å². The third kappa shape index (κ3) is 4.06. The summed E-state index contributed by atoms with van der Waals surface area (Å²) in [6.07, 6.45) is 3.37. The summed E-state index contributed by atoms with van der Waals surface area (Å²) >= 11 is 9.38. The Morgan fingerprint density at radius 3 is 2.43 bits per heavy atom. The zero-order valence-corrected chi connectivity index (χ0v) is 11.8. The van der Waals surface area contributed by atoms with Crippen LogP contribution in [0.25, 0.3) is 0 Å². The van der Waals surface area contributed by atoms with Crippen LogP contribution in [0.2, 0.25) is 0 Å². The Morgan fingerprint density at radius 1 is 1.36 bits per heavy atom. The highest BCUT2D eigenvalue weighted by atomic mass is 80.0. The fraction of sp³-hybridized carbons (Fsp3) is 0.250. The number of carbonyl (C=O) groups is 1. The van der Waals surface area contributed by atoms with E-state index in [-0.39, 0.29) is 5.91 Å². The molecule has 0 unspecified atom stereocenters. The SMILES string of the molecule is O=C(NCc1ccncc1)C(Br)(Br)Br. The summed E-state index contributed by atoms with van der Waals surface area (Å²) in [6, 6.07) is 3.69. The number of halogens is 3. The lowest BCUT2D eigenvalue weighted by Crippen LogP contribution is -2.32. The first-order chi connectivity index (χ1) is 6.50. The van der Waals surface area contributed by atoms with Gasteiger partial charge in [-0.2, -0.15) is 0 Å². The number of rotatable bonds is 2. The molecule has 1 rings (SSSR count). The summed E-state index contributed by atoms with van der Waals surface area (Å²) in [4.78, 5) is 15.3. The molecule has 1 amide bonds. The van der Waals surface area contributed by atoms with Gasteiger partial charge >= 0.3 is 0 Å². The van der Waals surface area contributed by atoms with E-state index in [2.05, 4.69) is 58.1 Å². The molecule has 1 aromatic heterocycles. The minimum absolute atomic E-state index is 0.186. The highest BCUT2D eigenvalue weighted by Crippen LogP contribution is 2.33. The molecule has 0 radical (unpaired) electrons. The maximum Gasteiger partial charge on any atom is 0.259 e. The highest BCUT2D eigenvalue weighted by molar-refractivity contribution is 9.40. The van der Waals surface area contributed by atoms with Gasteiger partial charge in [0.2, 0.25) is 2.14 Å². The molecule has 0 fully saturated rings. The first-order valence-electron chi connectivity index (χ1n) is 3.74. The van der Waals surface area contributed by atoms with Crippen molar-refractivity contribution in [1.82, 2.24) is 10.3 Å². The van der Waals surface area contributed by atoms with Gasteiger partial charge in [0.05, 0.1) is 0 Å². The van der Waals surface area contributed by atoms with Crippen LogP contribution in [0.1, 0.15) is 5.56 Å². The second-order valence-corrected chi connectivity index (χ2v) is 9.30. The number of nitrogens with zero attached hydrogens (tertiary/aromatic N) is 1. The van der Waals surface area contributed by atoms with Crippen molar-refractivity contribution in [2.75, 3.05) is 0 Å². The van der Waals surface area contributed by atoms with E-state index in [4.69, 9.17) is 0 Å². The zero-order valence-electron chi connectivity index (χ0n) is 7.01. The van der Waals surface area contributed by atoms with Crippen molar-refractivity contribution in [2.45, 2.75) is 8.69 Å². The molecule has 76 valence electrons. The lowest BCUT2D eigenvalue weighted by molar-refractivity contribution is -0.119. The lowest BCUT2D eigenvalue weighted by atomic mass is 10.3. The van der Waals surface area contributed by atoms with E-state index in [0.29, 0.717) is 6.54 Å². The molecule has 0 aliphatic carbocycles. The van der Waals surface area contributed by atoms with E-state index in [9.17, 15) is 4.79 Å². The Morgan fingerprint density at radius 2 is 1.93 bits per heavy atom. The van der Waals surface area contributed by atoms with Crippen molar-refractivity contribution in [1.29, 1.82) is 0 Å². The van der Waals surface area contributed by atoms with E-state index >= 15 is 0 Å². The summed E-state index contributed by atoms with van der Waals surface area (Å²) in [6.45, 7) is 0.478. The number of carbonyl (C=O) groups excluding carboxylic acids is 1. The Labute approximate surface area is 107 Å². The summed E-state index contributed by atoms with van der Waals surface area (Å²) < 4.78 is -0.889. The first kappa shape index (κ1) is 12.1. The minimum Gasteiger partial charge on any atom is -0.349 e. The molecule has 0 aliphatic rings. The van der Waals surface area contributed by atoms with E-state index in [1.807, 2.05) is 12.1 Å². The van der Waals surface area contributed by atoms with Gasteiger partial charge in [0, 0.05) is 18.9 Å². The monoisotopic (exact) mass is 384 g/mol. The van der Waals surface area contributed by atoms with Crippen LogP contribution in [0.4, 0.5) is 0 Å². The van der Waals surface area contributed by atoms with Gasteiger partial charge in [-0.15, -0.1) is 0 Å². The van der Waals surface area contributed by atoms with Crippen LogP contribution in [0.5, 0.6) is 0 Å². The number of hydrogen-bond donors (Lipinski definition) is 1. The number of aromatic nitrogens is 1. The molecule has 0 aromatic carbocycles.